The minimum absolute atomic E-state index is 0.0530. The second-order valence-corrected chi connectivity index (χ2v) is 13.1. The smallest absolute Gasteiger partial charge is 0.420 e. The summed E-state index contributed by atoms with van der Waals surface area (Å²) in [6.45, 7) is 0.411. The van der Waals surface area contributed by atoms with Crippen molar-refractivity contribution in [3.63, 3.8) is 0 Å². The molecule has 0 spiro atoms. The van der Waals surface area contributed by atoms with Crippen LogP contribution in [0.25, 0.3) is 0 Å². The first-order valence-electron chi connectivity index (χ1n) is 14.6. The van der Waals surface area contributed by atoms with Gasteiger partial charge in [0, 0.05) is 28.8 Å². The van der Waals surface area contributed by atoms with Crippen molar-refractivity contribution in [2.75, 3.05) is 26.0 Å². The summed E-state index contributed by atoms with van der Waals surface area (Å²) in [5.41, 5.74) is -1.43. The summed E-state index contributed by atoms with van der Waals surface area (Å²) in [6.07, 6.45) is 3.35. The highest BCUT2D eigenvalue weighted by molar-refractivity contribution is 6.05. The summed E-state index contributed by atoms with van der Waals surface area (Å²) < 4.78 is 53.3. The molecule has 0 aliphatic heterocycles. The van der Waals surface area contributed by atoms with E-state index < -0.39 is 22.6 Å². The number of alkyl halides is 3. The number of hydrogen-bond donors (Lipinski definition) is 1. The number of halogens is 3. The highest BCUT2D eigenvalue weighted by Gasteiger charge is 2.51. The molecule has 5 saturated carbocycles. The molecule has 0 radical (unpaired) electrons. The average Bonchev–Trinajstić information content (AvgIpc) is 2.88. The Morgan fingerprint density at radius 2 is 1.62 bits per heavy atom. The first kappa shape index (κ1) is 28.8. The number of carbonyl (C=O) groups is 1. The van der Waals surface area contributed by atoms with Crippen molar-refractivity contribution >= 4 is 17.3 Å². The van der Waals surface area contributed by atoms with E-state index >= 15 is 0 Å². The largest absolute Gasteiger partial charge is 0.490 e. The van der Waals surface area contributed by atoms with Crippen LogP contribution in [0.1, 0.15) is 67.3 Å². The zero-order valence-electron chi connectivity index (χ0n) is 23.8. The van der Waals surface area contributed by atoms with Gasteiger partial charge in [-0.15, -0.1) is 0 Å². The normalized spacial score (nSPS) is 29.7. The molecule has 42 heavy (non-hydrogen) atoms. The predicted molar refractivity (Wildman–Crippen MR) is 150 cm³/mol. The van der Waals surface area contributed by atoms with Gasteiger partial charge in [0.1, 0.15) is 11.9 Å². The van der Waals surface area contributed by atoms with Gasteiger partial charge in [0.2, 0.25) is 0 Å². The van der Waals surface area contributed by atoms with Crippen LogP contribution in [0, 0.1) is 33.3 Å². The van der Waals surface area contributed by atoms with Gasteiger partial charge in [-0.25, -0.2) is 0 Å². The maximum Gasteiger partial charge on any atom is 0.420 e. The predicted octanol–water partition coefficient (Wildman–Crippen LogP) is 6.93. The van der Waals surface area contributed by atoms with Crippen LogP contribution in [-0.2, 0) is 6.18 Å². The van der Waals surface area contributed by atoms with E-state index in [0.29, 0.717) is 37.2 Å². The van der Waals surface area contributed by atoms with Crippen molar-refractivity contribution in [2.45, 2.75) is 69.7 Å². The van der Waals surface area contributed by atoms with E-state index in [-0.39, 0.29) is 46.0 Å². The summed E-state index contributed by atoms with van der Waals surface area (Å²) in [7, 11) is 3.83. The van der Waals surface area contributed by atoms with Gasteiger partial charge in [0.15, 0.2) is 5.75 Å². The molecule has 7 rings (SSSR count). The number of rotatable bonds is 9. The molecule has 2 aromatic carbocycles. The van der Waals surface area contributed by atoms with Crippen LogP contribution in [0.5, 0.6) is 11.5 Å². The molecule has 8 nitrogen and oxygen atoms in total. The lowest BCUT2D eigenvalue weighted by Crippen LogP contribution is -2.48. The molecule has 11 heteroatoms. The Bertz CT molecular complexity index is 1340. The monoisotopic (exact) mass is 587 g/mol. The van der Waals surface area contributed by atoms with Gasteiger partial charge >= 0.3 is 11.9 Å². The van der Waals surface area contributed by atoms with Crippen LogP contribution in [0.4, 0.5) is 24.5 Å². The average molecular weight is 588 g/mol. The van der Waals surface area contributed by atoms with Crippen LogP contribution in [0.3, 0.4) is 0 Å². The fraction of sp³-hybridized carbons (Fsp3) is 0.581. The van der Waals surface area contributed by atoms with E-state index in [4.69, 9.17) is 9.47 Å². The number of amides is 1. The zero-order valence-corrected chi connectivity index (χ0v) is 23.8. The van der Waals surface area contributed by atoms with Crippen LogP contribution >= 0.6 is 0 Å². The molecule has 226 valence electrons. The first-order valence-corrected chi connectivity index (χ1v) is 14.6. The van der Waals surface area contributed by atoms with Crippen LogP contribution in [-0.4, -0.2) is 48.6 Å². The van der Waals surface area contributed by atoms with Gasteiger partial charge in [0.05, 0.1) is 17.1 Å². The number of ether oxygens (including phenoxy) is 2. The highest BCUT2D eigenvalue weighted by atomic mass is 19.4. The fourth-order valence-electron chi connectivity index (χ4n) is 7.99. The van der Waals surface area contributed by atoms with Crippen molar-refractivity contribution in [2.24, 2.45) is 23.2 Å². The molecule has 4 bridgehead atoms. The zero-order chi connectivity index (χ0) is 29.8. The van der Waals surface area contributed by atoms with Crippen LogP contribution in [0.2, 0.25) is 0 Å². The number of anilines is 1. The molecule has 0 heterocycles. The second kappa shape index (κ2) is 10.7. The van der Waals surface area contributed by atoms with E-state index in [2.05, 4.69) is 5.32 Å². The second-order valence-electron chi connectivity index (χ2n) is 13.1. The minimum atomic E-state index is -4.70. The lowest BCUT2D eigenvalue weighted by molar-refractivity contribution is -0.386. The third-order valence-electron chi connectivity index (χ3n) is 9.75. The third kappa shape index (κ3) is 5.80. The van der Waals surface area contributed by atoms with E-state index in [1.807, 2.05) is 19.0 Å². The minimum Gasteiger partial charge on any atom is -0.490 e. The topological polar surface area (TPSA) is 93.9 Å². The number of nitro groups is 1. The number of nitro benzene ring substituents is 1. The van der Waals surface area contributed by atoms with Crippen LogP contribution in [0.15, 0.2) is 36.4 Å². The molecule has 0 aromatic heterocycles. The van der Waals surface area contributed by atoms with E-state index in [1.165, 1.54) is 43.5 Å². The Morgan fingerprint density at radius 3 is 2.19 bits per heavy atom. The van der Waals surface area contributed by atoms with Crippen molar-refractivity contribution in [3.05, 3.63) is 57.6 Å². The lowest BCUT2D eigenvalue weighted by Gasteiger charge is -2.56. The standard InChI is InChI=1S/C31H36F3N3O5/c1-36(2)23-12-24(13-23)42-27-6-4-22(11-25(27)31(32,33)34)35-29(38)21-3-5-28(26(10-21)37(39)40)41-17-30-14-18-7-19(15-30)9-20(8-18)16-30/h3-6,10-11,18-20,23-24H,7-9,12-17H2,1-2H3,(H,35,38). The molecule has 0 atom stereocenters. The molecule has 5 aliphatic rings. The van der Waals surface area contributed by atoms with Gasteiger partial charge in [-0.2, -0.15) is 13.2 Å². The molecule has 1 amide bonds. The SMILES string of the molecule is CN(C)C1CC(Oc2ccc(NC(=O)c3ccc(OCC45CC6CC(CC(C6)C4)C5)c([N+](=O)[O-])c3)cc2C(F)(F)F)C1. The number of carbonyl (C=O) groups excluding carboxylic acids is 1. The summed E-state index contributed by atoms with van der Waals surface area (Å²) in [5, 5.41) is 14.3. The van der Waals surface area contributed by atoms with Gasteiger partial charge < -0.3 is 19.7 Å². The molecular weight excluding hydrogens is 551 g/mol. The maximum atomic E-state index is 13.9. The molecular formula is C31H36F3N3O5. The Labute approximate surface area is 242 Å². The van der Waals surface area contributed by atoms with Gasteiger partial charge in [-0.05, 0) is 114 Å². The van der Waals surface area contributed by atoms with Crippen molar-refractivity contribution in [1.29, 1.82) is 0 Å². The molecule has 5 aliphatic carbocycles. The Kier molecular flexibility index (Phi) is 7.35. The highest BCUT2D eigenvalue weighted by Crippen LogP contribution is 2.60. The van der Waals surface area contributed by atoms with Gasteiger partial charge in [0.25, 0.3) is 5.91 Å². The summed E-state index contributed by atoms with van der Waals surface area (Å²) in [6, 6.07) is 7.55. The summed E-state index contributed by atoms with van der Waals surface area (Å²) in [4.78, 5) is 26.3. The summed E-state index contributed by atoms with van der Waals surface area (Å²) in [5.74, 6) is 1.19. The van der Waals surface area contributed by atoms with Crippen LogP contribution < -0.4 is 14.8 Å². The Balaban J connectivity index is 1.14. The fourth-order valence-corrected chi connectivity index (χ4v) is 7.99. The molecule has 5 fully saturated rings. The Hall–Kier alpha value is -3.34. The van der Waals surface area contributed by atoms with Crippen molar-refractivity contribution in [3.8, 4) is 11.5 Å². The summed E-state index contributed by atoms with van der Waals surface area (Å²) >= 11 is 0. The molecule has 0 unspecified atom stereocenters. The maximum absolute atomic E-state index is 13.9. The van der Waals surface area contributed by atoms with E-state index in [0.717, 1.165) is 31.4 Å². The van der Waals surface area contributed by atoms with Gasteiger partial charge in [-0.3, -0.25) is 14.9 Å². The molecule has 2 aromatic rings. The Morgan fingerprint density at radius 1 is 1.00 bits per heavy atom. The molecule has 0 saturated heterocycles. The third-order valence-corrected chi connectivity index (χ3v) is 9.75. The van der Waals surface area contributed by atoms with E-state index in [9.17, 15) is 28.1 Å². The first-order chi connectivity index (χ1) is 19.9. The number of benzene rings is 2. The van der Waals surface area contributed by atoms with Crippen molar-refractivity contribution < 1.29 is 32.4 Å². The van der Waals surface area contributed by atoms with Gasteiger partial charge in [-0.1, -0.05) is 0 Å². The number of hydrogen-bond acceptors (Lipinski definition) is 6. The molecule has 1 N–H and O–H groups in total. The number of nitrogens with zero attached hydrogens (tertiary/aromatic N) is 2. The quantitative estimate of drug-likeness (QED) is 0.253. The van der Waals surface area contributed by atoms with E-state index in [1.54, 1.807) is 0 Å². The number of nitrogens with one attached hydrogen (secondary N) is 1. The lowest BCUT2D eigenvalue weighted by atomic mass is 9.50. The van der Waals surface area contributed by atoms with Crippen molar-refractivity contribution in [1.82, 2.24) is 4.90 Å².